The first-order valence-corrected chi connectivity index (χ1v) is 1.46. The Morgan fingerprint density at radius 2 is 1.88 bits per heavy atom. The second kappa shape index (κ2) is 5.80. The molecule has 0 amide bonds. The molecule has 6 heteroatoms. The number of hydrogen-bond donors (Lipinski definition) is 1. The highest BCUT2D eigenvalue weighted by Crippen LogP contribution is 1.54. The van der Waals surface area contributed by atoms with Gasteiger partial charge in [0.1, 0.15) is 0 Å². The van der Waals surface area contributed by atoms with Crippen LogP contribution < -0.4 is 0 Å². The summed E-state index contributed by atoms with van der Waals surface area (Å²) in [5, 5.41) is 13.6. The summed E-state index contributed by atoms with van der Waals surface area (Å²) in [6, 6.07) is 0. The van der Waals surface area contributed by atoms with Gasteiger partial charge in [-0.1, -0.05) is 0 Å². The van der Waals surface area contributed by atoms with Crippen molar-refractivity contribution >= 4 is 5.97 Å². The minimum atomic E-state index is -2.00. The number of rotatable bonds is 0. The summed E-state index contributed by atoms with van der Waals surface area (Å²) in [5.74, 6) is -0.833. The van der Waals surface area contributed by atoms with E-state index >= 15 is 0 Å². The summed E-state index contributed by atoms with van der Waals surface area (Å²) in [6.45, 7) is 1.08. The molecular weight excluding hydrogens is 121 g/mol. The zero-order chi connectivity index (χ0) is 7.15. The van der Waals surface area contributed by atoms with Crippen LogP contribution in [0.25, 0.3) is 0 Å². The predicted octanol–water partition coefficient (Wildman–Crippen LogP) is 0.238. The van der Waals surface area contributed by atoms with Crippen molar-refractivity contribution in [3.8, 4) is 0 Å². The summed E-state index contributed by atoms with van der Waals surface area (Å²) in [4.78, 5) is 17.1. The molecule has 0 aromatic heterocycles. The smallest absolute Gasteiger partial charge is 0.300 e. The summed E-state index contributed by atoms with van der Waals surface area (Å²) in [7, 11) is 0. The Morgan fingerprint density at radius 3 is 1.88 bits per heavy atom. The molecule has 0 bridgehead atoms. The first-order chi connectivity index (χ1) is 3.46. The summed E-state index contributed by atoms with van der Waals surface area (Å²) >= 11 is 0. The normalized spacial score (nSPS) is 6.25. The van der Waals surface area contributed by atoms with E-state index < -0.39 is 11.1 Å². The molecule has 0 aromatic rings. The number of aliphatic carboxylic acids is 1. The van der Waals surface area contributed by atoms with Gasteiger partial charge < -0.3 is 5.11 Å². The fraction of sp³-hybridized carbons (Fsp3) is 0.500. The fourth-order valence-corrected chi connectivity index (χ4v) is 0. The highest BCUT2D eigenvalue weighted by Gasteiger charge is 1.71. The second-order valence-corrected chi connectivity index (χ2v) is 0.732. The maximum atomic E-state index is 9.72. The quantitative estimate of drug-likeness (QED) is 0.285. The SMILES string of the molecule is CC(=O)O.O=[N+]([O-])F. The third-order valence-electron chi connectivity index (χ3n) is 0. The fourth-order valence-electron chi connectivity index (χ4n) is 0. The monoisotopic (exact) mass is 125 g/mol. The van der Waals surface area contributed by atoms with E-state index in [-0.39, 0.29) is 0 Å². The van der Waals surface area contributed by atoms with E-state index in [0.717, 1.165) is 6.92 Å². The van der Waals surface area contributed by atoms with Crippen molar-refractivity contribution in [1.82, 2.24) is 0 Å². The third kappa shape index (κ3) is 48.1. The minimum absolute atomic E-state index is 0.833. The van der Waals surface area contributed by atoms with Crippen LogP contribution in [0.15, 0.2) is 0 Å². The molecule has 0 aliphatic heterocycles. The second-order valence-electron chi connectivity index (χ2n) is 0.732. The van der Waals surface area contributed by atoms with Gasteiger partial charge in [-0.15, -0.1) is 0 Å². The van der Waals surface area contributed by atoms with Crippen molar-refractivity contribution < 1.29 is 19.5 Å². The van der Waals surface area contributed by atoms with Crippen molar-refractivity contribution in [2.75, 3.05) is 0 Å². The number of carboxylic acids is 1. The van der Waals surface area contributed by atoms with Crippen LogP contribution in [-0.4, -0.2) is 16.2 Å². The van der Waals surface area contributed by atoms with Crippen LogP contribution >= 0.6 is 0 Å². The number of halogens is 1. The number of nitro groups is 1. The molecule has 1 N–H and O–H groups in total. The van der Waals surface area contributed by atoms with E-state index in [1.54, 1.807) is 0 Å². The average molecular weight is 125 g/mol. The van der Waals surface area contributed by atoms with Crippen LogP contribution in [0.3, 0.4) is 0 Å². The Kier molecular flexibility index (Phi) is 7.20. The first kappa shape index (κ1) is 9.93. The molecule has 0 radical (unpaired) electrons. The van der Waals surface area contributed by atoms with Crippen LogP contribution in [-0.2, 0) is 4.79 Å². The molecule has 48 valence electrons. The van der Waals surface area contributed by atoms with Gasteiger partial charge in [0.05, 0.1) is 0 Å². The third-order valence-corrected chi connectivity index (χ3v) is 0. The molecule has 0 fully saturated rings. The number of hydrogen-bond acceptors (Lipinski definition) is 3. The van der Waals surface area contributed by atoms with Crippen molar-refractivity contribution in [3.05, 3.63) is 10.1 Å². The molecule has 0 aliphatic carbocycles. The van der Waals surface area contributed by atoms with Gasteiger partial charge in [0.2, 0.25) is 0 Å². The lowest BCUT2D eigenvalue weighted by Crippen LogP contribution is -1.78. The molecule has 0 atom stereocenters. The molecule has 8 heavy (non-hydrogen) atoms. The Bertz CT molecular complexity index is 72.0. The topological polar surface area (TPSA) is 80.4 Å². The molecule has 5 nitrogen and oxygen atoms in total. The molecule has 0 spiro atoms. The first-order valence-electron chi connectivity index (χ1n) is 1.46. The number of carboxylic acid groups (broad SMARTS) is 1. The van der Waals surface area contributed by atoms with Crippen LogP contribution in [0.4, 0.5) is 4.48 Å². The van der Waals surface area contributed by atoms with Crippen LogP contribution in [0.1, 0.15) is 6.92 Å². The summed E-state index contributed by atoms with van der Waals surface area (Å²) < 4.78 is 9.72. The molecule has 0 saturated carbocycles. The zero-order valence-electron chi connectivity index (χ0n) is 4.00. The van der Waals surface area contributed by atoms with Crippen LogP contribution in [0.2, 0.25) is 0 Å². The predicted molar refractivity (Wildman–Crippen MR) is 21.4 cm³/mol. The highest BCUT2D eigenvalue weighted by molar-refractivity contribution is 5.62. The lowest BCUT2D eigenvalue weighted by atomic mass is 10.9. The van der Waals surface area contributed by atoms with Gasteiger partial charge in [0, 0.05) is 6.92 Å². The van der Waals surface area contributed by atoms with Crippen molar-refractivity contribution in [1.29, 1.82) is 0 Å². The molecule has 0 heterocycles. The molecule has 0 unspecified atom stereocenters. The van der Waals surface area contributed by atoms with Gasteiger partial charge in [-0.25, -0.2) is 10.1 Å². The van der Waals surface area contributed by atoms with E-state index in [0.29, 0.717) is 0 Å². The molecule has 0 rings (SSSR count). The lowest BCUT2D eigenvalue weighted by Gasteiger charge is -1.59. The molecule has 0 aliphatic rings. The molecule has 0 saturated heterocycles. The number of carbonyl (C=O) groups is 1. The molecular formula is C2H4FNO4. The van der Waals surface area contributed by atoms with Gasteiger partial charge in [-0.3, -0.25) is 4.79 Å². The standard InChI is InChI=1S/C2H4O2.FNO2/c2*1-2(3)4/h1H3,(H,3,4);. The summed E-state index contributed by atoms with van der Waals surface area (Å²) in [5.41, 5.74) is 0. The Balaban J connectivity index is 0. The van der Waals surface area contributed by atoms with Crippen molar-refractivity contribution in [2.45, 2.75) is 6.92 Å². The van der Waals surface area contributed by atoms with Crippen molar-refractivity contribution in [2.24, 2.45) is 0 Å². The van der Waals surface area contributed by atoms with Gasteiger partial charge in [-0.2, -0.15) is 0 Å². The Hall–Kier alpha value is -1.20. The van der Waals surface area contributed by atoms with E-state index in [2.05, 4.69) is 0 Å². The van der Waals surface area contributed by atoms with Crippen LogP contribution in [0, 0.1) is 10.1 Å². The van der Waals surface area contributed by atoms with Crippen LogP contribution in [0.5, 0.6) is 0 Å². The summed E-state index contributed by atoms with van der Waals surface area (Å²) in [6.07, 6.45) is 0. The maximum Gasteiger partial charge on any atom is 0.300 e. The average Bonchev–Trinajstić information content (AvgIpc) is 1.25. The Labute approximate surface area is 43.8 Å². The largest absolute Gasteiger partial charge is 0.481 e. The van der Waals surface area contributed by atoms with Crippen molar-refractivity contribution in [3.63, 3.8) is 0 Å². The number of nitrogens with zero attached hydrogens (tertiary/aromatic N) is 1. The van der Waals surface area contributed by atoms with E-state index in [1.165, 1.54) is 0 Å². The van der Waals surface area contributed by atoms with Gasteiger partial charge >= 0.3 is 0 Å². The van der Waals surface area contributed by atoms with E-state index in [1.807, 2.05) is 0 Å². The van der Waals surface area contributed by atoms with Gasteiger partial charge in [0.25, 0.3) is 11.1 Å². The zero-order valence-corrected chi connectivity index (χ0v) is 4.00. The lowest BCUT2D eigenvalue weighted by molar-refractivity contribution is -0.672. The Morgan fingerprint density at radius 1 is 1.88 bits per heavy atom. The van der Waals surface area contributed by atoms with E-state index in [4.69, 9.17) is 20.0 Å². The molecule has 0 aromatic carbocycles. The highest BCUT2D eigenvalue weighted by atomic mass is 19.2. The van der Waals surface area contributed by atoms with Gasteiger partial charge in [0.15, 0.2) is 4.48 Å². The van der Waals surface area contributed by atoms with Gasteiger partial charge in [-0.05, 0) is 0 Å². The minimum Gasteiger partial charge on any atom is -0.481 e. The maximum absolute atomic E-state index is 9.72. The van der Waals surface area contributed by atoms with E-state index in [9.17, 15) is 4.48 Å².